The maximum atomic E-state index is 6.25. The van der Waals surface area contributed by atoms with Gasteiger partial charge < -0.3 is 0 Å². The standard InChI is InChI=1S/C33H33.C13H8Cl2.C5H5.2ClH.Zr/c1-32(2,3)30-20-26-24(18-28(30)22-13-9-7-10-14-22)17-25-19-29(23-15-11-8-12-16-23)31(21-27(25)26)33(4,5)6;14-12-5-1-10(2-6-12)9-11-3-7-13(15)8-4-11;1-2-4-5-3-1;;;/h7-21H,1-6H3;1-8H;1-5H;2*1H;/q-1;;-1;;;+2/p-2. The first kappa shape index (κ1) is 42.1. The molecule has 0 saturated carbocycles. The van der Waals surface area contributed by atoms with E-state index in [2.05, 4.69) is 133 Å². The van der Waals surface area contributed by atoms with Crippen molar-refractivity contribution in [1.82, 2.24) is 0 Å². The smallest absolute Gasteiger partial charge is 0.172 e. The molecule has 0 N–H and O–H groups in total. The number of hydrogen-bond donors (Lipinski definition) is 0. The number of halogens is 4. The van der Waals surface area contributed by atoms with Crippen LogP contribution in [0.3, 0.4) is 0 Å². The van der Waals surface area contributed by atoms with Gasteiger partial charge in [0.25, 0.3) is 0 Å². The van der Waals surface area contributed by atoms with Crippen molar-refractivity contribution in [3.63, 3.8) is 0 Å². The van der Waals surface area contributed by atoms with Crippen molar-refractivity contribution >= 4 is 65.0 Å². The molecule has 0 radical (unpaired) electrons. The van der Waals surface area contributed by atoms with E-state index in [-0.39, 0.29) is 10.8 Å². The second kappa shape index (κ2) is 18.4. The summed E-state index contributed by atoms with van der Waals surface area (Å²) in [5, 5.41) is 6.76. The maximum Gasteiger partial charge on any atom is -0.172 e. The van der Waals surface area contributed by atoms with E-state index in [1.807, 2.05) is 78.9 Å². The van der Waals surface area contributed by atoms with Crippen LogP contribution in [0.1, 0.15) is 63.8 Å². The van der Waals surface area contributed by atoms with Gasteiger partial charge in [0, 0.05) is 0 Å². The van der Waals surface area contributed by atoms with E-state index in [0.717, 1.165) is 14.3 Å². The summed E-state index contributed by atoms with van der Waals surface area (Å²) in [4.78, 5) is 0. The molecule has 0 saturated heterocycles. The molecule has 0 amide bonds. The van der Waals surface area contributed by atoms with Crippen LogP contribution in [0.5, 0.6) is 0 Å². The Kier molecular flexibility index (Phi) is 13.8. The third-order valence-corrected chi connectivity index (χ3v) is 14.9. The summed E-state index contributed by atoms with van der Waals surface area (Å²) >= 11 is 9.20. The molecule has 0 fully saturated rings. The predicted molar refractivity (Wildman–Crippen MR) is 245 cm³/mol. The zero-order chi connectivity index (χ0) is 40.0. The zero-order valence-corrected chi connectivity index (χ0v) is 38.2. The summed E-state index contributed by atoms with van der Waals surface area (Å²) < 4.78 is 1.04. The Labute approximate surface area is 357 Å². The normalized spacial score (nSPS) is 11.4. The van der Waals surface area contributed by atoms with Crippen molar-refractivity contribution in [3.8, 4) is 22.3 Å². The molecule has 0 aliphatic rings. The summed E-state index contributed by atoms with van der Waals surface area (Å²) in [7, 11) is 12.5. The summed E-state index contributed by atoms with van der Waals surface area (Å²) in [5.74, 6) is 0. The quantitative estimate of drug-likeness (QED) is 0.154. The van der Waals surface area contributed by atoms with E-state index in [1.54, 1.807) is 0 Å². The first-order valence-electron chi connectivity index (χ1n) is 18.8. The molecule has 0 spiro atoms. The van der Waals surface area contributed by atoms with Crippen molar-refractivity contribution in [1.29, 1.82) is 0 Å². The number of benzene rings is 6. The van der Waals surface area contributed by atoms with Crippen molar-refractivity contribution in [2.75, 3.05) is 0 Å². The van der Waals surface area contributed by atoms with Crippen LogP contribution in [0.2, 0.25) is 10.0 Å². The molecule has 8 aromatic rings. The van der Waals surface area contributed by atoms with Crippen molar-refractivity contribution in [3.05, 3.63) is 202 Å². The molecule has 0 aromatic heterocycles. The Hall–Kier alpha value is -3.55. The molecular weight excluding hydrogens is 846 g/mol. The third-order valence-electron chi connectivity index (χ3n) is 9.78. The van der Waals surface area contributed by atoms with Gasteiger partial charge in [0.2, 0.25) is 0 Å². The van der Waals surface area contributed by atoms with Gasteiger partial charge in [0.15, 0.2) is 0 Å². The van der Waals surface area contributed by atoms with E-state index in [9.17, 15) is 0 Å². The van der Waals surface area contributed by atoms with Crippen LogP contribution in [0.4, 0.5) is 0 Å². The predicted octanol–water partition coefficient (Wildman–Crippen LogP) is 16.5. The molecular formula is C51H46Cl4Zr-2. The topological polar surface area (TPSA) is 0 Å². The second-order valence-corrected chi connectivity index (χ2v) is 25.0. The SMILES string of the molecule is CC(C)(C)c1cc2c(cc1-c1ccccc1)[cH-]c1cc(-c3ccccc3)c(C(C)(C)C)cc12.Clc1ccc([C](c2ccc(Cl)cc2)=[Zr]([Cl])[Cl])cc1.c1cc[cH-]c1. The Morgan fingerprint density at radius 2 is 0.857 bits per heavy atom. The minimum absolute atomic E-state index is 0.0554. The van der Waals surface area contributed by atoms with Gasteiger partial charge in [-0.3, -0.25) is 0 Å². The minimum Gasteiger partial charge on any atom is -0.214 e. The fraction of sp³-hybridized carbons (Fsp3) is 0.157. The van der Waals surface area contributed by atoms with Crippen LogP contribution in [-0.4, -0.2) is 3.21 Å². The molecule has 0 unspecified atom stereocenters. The summed E-state index contributed by atoms with van der Waals surface area (Å²) in [6.45, 7) is 13.9. The van der Waals surface area contributed by atoms with Crippen LogP contribution >= 0.6 is 40.2 Å². The number of rotatable bonds is 4. The van der Waals surface area contributed by atoms with E-state index < -0.39 is 18.9 Å². The van der Waals surface area contributed by atoms with Gasteiger partial charge in [0.05, 0.1) is 0 Å². The Balaban J connectivity index is 0.000000192. The summed E-state index contributed by atoms with van der Waals surface area (Å²) in [5.41, 5.74) is 10.2. The molecule has 8 rings (SSSR count). The average Bonchev–Trinajstić information content (AvgIpc) is 3.88. The van der Waals surface area contributed by atoms with Crippen LogP contribution in [0.15, 0.2) is 170 Å². The van der Waals surface area contributed by atoms with Crippen LogP contribution in [0.25, 0.3) is 43.8 Å². The van der Waals surface area contributed by atoms with Crippen molar-refractivity contribution in [2.45, 2.75) is 52.4 Å². The van der Waals surface area contributed by atoms with E-state index in [0.29, 0.717) is 10.0 Å². The molecule has 284 valence electrons. The average molecular weight is 892 g/mol. The van der Waals surface area contributed by atoms with Crippen LogP contribution in [-0.2, 0) is 29.7 Å². The van der Waals surface area contributed by atoms with E-state index in [1.165, 1.54) is 54.9 Å². The van der Waals surface area contributed by atoms with Gasteiger partial charge in [-0.1, -0.05) is 114 Å². The summed E-state index contributed by atoms with van der Waals surface area (Å²) in [6, 6.07) is 58.9. The molecule has 5 heteroatoms. The van der Waals surface area contributed by atoms with Gasteiger partial charge in [-0.25, -0.2) is 12.1 Å². The van der Waals surface area contributed by atoms with Crippen LogP contribution in [0, 0.1) is 0 Å². The second-order valence-electron chi connectivity index (χ2n) is 16.0. The zero-order valence-electron chi connectivity index (χ0n) is 32.7. The van der Waals surface area contributed by atoms with Gasteiger partial charge in [-0.15, -0.1) is 39.7 Å². The van der Waals surface area contributed by atoms with Gasteiger partial charge >= 0.3 is 132 Å². The first-order chi connectivity index (χ1) is 26.7. The Morgan fingerprint density at radius 1 is 0.482 bits per heavy atom. The fourth-order valence-electron chi connectivity index (χ4n) is 7.00. The monoisotopic (exact) mass is 888 g/mol. The van der Waals surface area contributed by atoms with Crippen LogP contribution < -0.4 is 0 Å². The molecule has 8 aromatic carbocycles. The van der Waals surface area contributed by atoms with E-state index in [4.69, 9.17) is 40.2 Å². The minimum atomic E-state index is -2.57. The fourth-order valence-corrected chi connectivity index (χ4v) is 11.7. The van der Waals surface area contributed by atoms with Gasteiger partial charge in [-0.2, -0.15) is 18.2 Å². The molecule has 0 atom stereocenters. The molecule has 0 bridgehead atoms. The molecule has 0 aliphatic carbocycles. The molecule has 56 heavy (non-hydrogen) atoms. The Bertz CT molecular complexity index is 2350. The maximum absolute atomic E-state index is 6.25. The largest absolute Gasteiger partial charge is 0.214 e. The van der Waals surface area contributed by atoms with Gasteiger partial charge in [-0.05, 0) is 44.2 Å². The third kappa shape index (κ3) is 10.3. The first-order valence-corrected chi connectivity index (χ1v) is 27.1. The van der Waals surface area contributed by atoms with Crippen molar-refractivity contribution < 1.29 is 18.9 Å². The van der Waals surface area contributed by atoms with Crippen molar-refractivity contribution in [2.24, 2.45) is 0 Å². The molecule has 0 aliphatic heterocycles. The van der Waals surface area contributed by atoms with E-state index >= 15 is 0 Å². The summed E-state index contributed by atoms with van der Waals surface area (Å²) in [6.07, 6.45) is 0. The molecule has 0 heterocycles. The number of fused-ring (bicyclic) bond motifs is 3. The Morgan fingerprint density at radius 3 is 1.16 bits per heavy atom. The number of hydrogen-bond acceptors (Lipinski definition) is 0. The van der Waals surface area contributed by atoms with Gasteiger partial charge in [0.1, 0.15) is 0 Å². The molecule has 0 nitrogen and oxygen atoms in total.